The van der Waals surface area contributed by atoms with Crippen LogP contribution in [0.25, 0.3) is 0 Å². The number of carbonyl (C=O) groups excluding carboxylic acids is 1. The van der Waals surface area contributed by atoms with Crippen molar-refractivity contribution in [2.24, 2.45) is 5.92 Å². The zero-order chi connectivity index (χ0) is 15.0. The highest BCUT2D eigenvalue weighted by Gasteiger charge is 2.44. The first kappa shape index (κ1) is 14.6. The van der Waals surface area contributed by atoms with Crippen molar-refractivity contribution < 1.29 is 4.79 Å². The highest BCUT2D eigenvalue weighted by atomic mass is 79.9. The van der Waals surface area contributed by atoms with Gasteiger partial charge in [0, 0.05) is 20.6 Å². The van der Waals surface area contributed by atoms with Crippen molar-refractivity contribution >= 4 is 49.1 Å². The second-order valence-electron chi connectivity index (χ2n) is 5.21. The van der Waals surface area contributed by atoms with Crippen molar-refractivity contribution in [2.45, 2.75) is 12.3 Å². The summed E-state index contributed by atoms with van der Waals surface area (Å²) in [6.07, 6.45) is 0.903. The highest BCUT2D eigenvalue weighted by Crippen LogP contribution is 2.48. The Kier molecular flexibility index (Phi) is 4.04. The smallest absolute Gasteiger partial charge is 0.228 e. The van der Waals surface area contributed by atoms with Crippen LogP contribution in [-0.2, 0) is 4.79 Å². The van der Waals surface area contributed by atoms with Crippen LogP contribution in [0.1, 0.15) is 17.9 Å². The number of hydrogen-bond donors (Lipinski definition) is 2. The van der Waals surface area contributed by atoms with E-state index in [0.717, 1.165) is 21.1 Å². The van der Waals surface area contributed by atoms with Gasteiger partial charge in [0.15, 0.2) is 0 Å². The Morgan fingerprint density at radius 1 is 1.14 bits per heavy atom. The summed E-state index contributed by atoms with van der Waals surface area (Å²) in [7, 11) is 0. The number of benzene rings is 2. The number of carbonyl (C=O) groups is 1. The van der Waals surface area contributed by atoms with E-state index in [9.17, 15) is 4.79 Å². The van der Waals surface area contributed by atoms with Crippen LogP contribution in [0.4, 0.5) is 11.4 Å². The fourth-order valence-corrected chi connectivity index (χ4v) is 3.90. The molecule has 2 unspecified atom stereocenters. The molecule has 1 aliphatic rings. The quantitative estimate of drug-likeness (QED) is 0.731. The minimum Gasteiger partial charge on any atom is -0.399 e. The fraction of sp³-hybridized carbons (Fsp3) is 0.188. The number of nitrogens with one attached hydrogen (secondary N) is 1. The Labute approximate surface area is 140 Å². The van der Waals surface area contributed by atoms with Crippen LogP contribution in [0.5, 0.6) is 0 Å². The van der Waals surface area contributed by atoms with Crippen LogP contribution in [0.15, 0.2) is 51.4 Å². The number of rotatable bonds is 3. The molecule has 0 aromatic heterocycles. The van der Waals surface area contributed by atoms with Gasteiger partial charge in [0.1, 0.15) is 0 Å². The molecule has 0 bridgehead atoms. The van der Waals surface area contributed by atoms with Crippen molar-refractivity contribution in [3.05, 3.63) is 57.0 Å². The lowest BCUT2D eigenvalue weighted by Gasteiger charge is -2.10. The molecule has 3 nitrogen and oxygen atoms in total. The third-order valence-electron chi connectivity index (χ3n) is 3.67. The number of nitrogens with two attached hydrogens (primary N) is 1. The molecule has 2 aromatic carbocycles. The average molecular weight is 410 g/mol. The number of halogens is 2. The summed E-state index contributed by atoms with van der Waals surface area (Å²) in [5, 5.41) is 2.98. The van der Waals surface area contributed by atoms with Gasteiger partial charge in [-0.25, -0.2) is 0 Å². The maximum absolute atomic E-state index is 12.4. The molecule has 21 heavy (non-hydrogen) atoms. The van der Waals surface area contributed by atoms with Crippen LogP contribution < -0.4 is 11.1 Å². The summed E-state index contributed by atoms with van der Waals surface area (Å²) in [5.74, 6) is 0.427. The van der Waals surface area contributed by atoms with Crippen LogP contribution in [0.2, 0.25) is 0 Å². The standard InChI is InChI=1S/C16H14Br2N2O/c17-13-6-10(19)7-14(18)15(13)20-16(21)12-8-11(12)9-4-2-1-3-5-9/h1-7,11-12H,8,19H2,(H,20,21). The van der Waals surface area contributed by atoms with E-state index in [4.69, 9.17) is 5.73 Å². The fourth-order valence-electron chi connectivity index (χ4n) is 2.48. The molecular formula is C16H14Br2N2O. The molecule has 0 saturated heterocycles. The van der Waals surface area contributed by atoms with Gasteiger partial charge >= 0.3 is 0 Å². The van der Waals surface area contributed by atoms with Gasteiger partial charge in [0.2, 0.25) is 5.91 Å². The topological polar surface area (TPSA) is 55.1 Å². The van der Waals surface area contributed by atoms with Gasteiger partial charge in [0.25, 0.3) is 0 Å². The van der Waals surface area contributed by atoms with E-state index in [0.29, 0.717) is 11.6 Å². The van der Waals surface area contributed by atoms with Crippen LogP contribution in [0.3, 0.4) is 0 Å². The molecule has 2 aromatic rings. The first-order valence-corrected chi connectivity index (χ1v) is 8.25. The van der Waals surface area contributed by atoms with Gasteiger partial charge in [-0.1, -0.05) is 30.3 Å². The summed E-state index contributed by atoms with van der Waals surface area (Å²) in [6.45, 7) is 0. The molecule has 108 valence electrons. The Balaban J connectivity index is 1.72. The normalized spacial score (nSPS) is 20.1. The molecule has 0 aliphatic heterocycles. The maximum Gasteiger partial charge on any atom is 0.228 e. The van der Waals surface area contributed by atoms with Crippen LogP contribution in [0, 0.1) is 5.92 Å². The number of anilines is 2. The van der Waals surface area contributed by atoms with Crippen molar-refractivity contribution in [3.63, 3.8) is 0 Å². The minimum absolute atomic E-state index is 0.0451. The van der Waals surface area contributed by atoms with E-state index >= 15 is 0 Å². The molecule has 1 saturated carbocycles. The van der Waals surface area contributed by atoms with Gasteiger partial charge in [-0.15, -0.1) is 0 Å². The summed E-state index contributed by atoms with van der Waals surface area (Å²) in [5.41, 5.74) is 8.36. The van der Waals surface area contributed by atoms with E-state index < -0.39 is 0 Å². The van der Waals surface area contributed by atoms with E-state index in [1.807, 2.05) is 18.2 Å². The zero-order valence-corrected chi connectivity index (χ0v) is 14.3. The second-order valence-corrected chi connectivity index (χ2v) is 6.92. The van der Waals surface area contributed by atoms with Crippen LogP contribution in [-0.4, -0.2) is 5.91 Å². The van der Waals surface area contributed by atoms with E-state index in [1.165, 1.54) is 5.56 Å². The summed E-state index contributed by atoms with van der Waals surface area (Å²) >= 11 is 6.86. The van der Waals surface area contributed by atoms with E-state index in [1.54, 1.807) is 12.1 Å². The SMILES string of the molecule is Nc1cc(Br)c(NC(=O)C2CC2c2ccccc2)c(Br)c1. The van der Waals surface area contributed by atoms with Gasteiger partial charge in [-0.2, -0.15) is 0 Å². The van der Waals surface area contributed by atoms with Crippen molar-refractivity contribution in [1.82, 2.24) is 0 Å². The van der Waals surface area contributed by atoms with Crippen LogP contribution >= 0.6 is 31.9 Å². The first-order chi connectivity index (χ1) is 10.1. The average Bonchev–Trinajstić information content (AvgIpc) is 3.24. The van der Waals surface area contributed by atoms with Crippen molar-refractivity contribution in [2.75, 3.05) is 11.1 Å². The molecule has 0 radical (unpaired) electrons. The highest BCUT2D eigenvalue weighted by molar-refractivity contribution is 9.11. The summed E-state index contributed by atoms with van der Waals surface area (Å²) in [6, 6.07) is 13.7. The number of nitrogen functional groups attached to an aromatic ring is 1. The van der Waals surface area contributed by atoms with Gasteiger partial charge in [-0.05, 0) is 61.9 Å². The summed E-state index contributed by atoms with van der Waals surface area (Å²) in [4.78, 5) is 12.4. The molecule has 1 amide bonds. The third-order valence-corrected chi connectivity index (χ3v) is 4.92. The predicted octanol–water partition coefficient (Wildman–Crippen LogP) is 4.54. The molecule has 0 spiro atoms. The largest absolute Gasteiger partial charge is 0.399 e. The number of hydrogen-bond acceptors (Lipinski definition) is 2. The Hall–Kier alpha value is -1.33. The lowest BCUT2D eigenvalue weighted by atomic mass is 10.1. The second kappa shape index (κ2) is 5.81. The van der Waals surface area contributed by atoms with E-state index in [-0.39, 0.29) is 11.8 Å². The van der Waals surface area contributed by atoms with Crippen molar-refractivity contribution in [1.29, 1.82) is 0 Å². The molecule has 1 aliphatic carbocycles. The van der Waals surface area contributed by atoms with Gasteiger partial charge in [0.05, 0.1) is 5.69 Å². The van der Waals surface area contributed by atoms with Gasteiger partial charge in [-0.3, -0.25) is 4.79 Å². The zero-order valence-electron chi connectivity index (χ0n) is 11.1. The molecular weight excluding hydrogens is 396 g/mol. The molecule has 3 rings (SSSR count). The van der Waals surface area contributed by atoms with Gasteiger partial charge < -0.3 is 11.1 Å². The third kappa shape index (κ3) is 3.14. The summed E-state index contributed by atoms with van der Waals surface area (Å²) < 4.78 is 1.55. The minimum atomic E-state index is 0.0451. The molecule has 2 atom stereocenters. The lowest BCUT2D eigenvalue weighted by molar-refractivity contribution is -0.117. The molecule has 3 N–H and O–H groups in total. The Morgan fingerprint density at radius 3 is 2.38 bits per heavy atom. The molecule has 1 fully saturated rings. The van der Waals surface area contributed by atoms with E-state index in [2.05, 4.69) is 49.3 Å². The Morgan fingerprint density at radius 2 is 1.76 bits per heavy atom. The lowest BCUT2D eigenvalue weighted by Crippen LogP contribution is -2.15. The monoisotopic (exact) mass is 408 g/mol. The molecule has 0 heterocycles. The first-order valence-electron chi connectivity index (χ1n) is 6.66. The predicted molar refractivity (Wildman–Crippen MR) is 92.2 cm³/mol. The number of amides is 1. The maximum atomic E-state index is 12.4. The Bertz CT molecular complexity index is 665. The van der Waals surface area contributed by atoms with Crippen molar-refractivity contribution in [3.8, 4) is 0 Å². The molecule has 5 heteroatoms.